The zero-order chi connectivity index (χ0) is 26.9. The van der Waals surface area contributed by atoms with E-state index in [0.29, 0.717) is 0 Å². The molecule has 0 unspecified atom stereocenters. The van der Waals surface area contributed by atoms with Crippen molar-refractivity contribution in [3.05, 3.63) is 128 Å². The van der Waals surface area contributed by atoms with E-state index in [1.807, 2.05) is 73.1 Å². The highest BCUT2D eigenvalue weighted by atomic mass is 16.5. The Labute approximate surface area is 236 Å². The normalized spacial score (nSPS) is 12.7. The van der Waals surface area contributed by atoms with Crippen LogP contribution < -0.4 is 30.8 Å². The van der Waals surface area contributed by atoms with Crippen molar-refractivity contribution in [1.82, 2.24) is 4.98 Å². The summed E-state index contributed by atoms with van der Waals surface area (Å²) in [5.74, 6) is 3.39. The number of fused-ring (bicyclic) bond motifs is 7. The van der Waals surface area contributed by atoms with Crippen molar-refractivity contribution in [3.63, 3.8) is 0 Å². The van der Waals surface area contributed by atoms with Crippen LogP contribution in [0.1, 0.15) is 0 Å². The van der Waals surface area contributed by atoms with Crippen molar-refractivity contribution in [3.8, 4) is 23.0 Å². The second-order valence-corrected chi connectivity index (χ2v) is 10.4. The fourth-order valence-electron chi connectivity index (χ4n) is 6.29. The van der Waals surface area contributed by atoms with E-state index in [0.717, 1.165) is 78.4 Å². The predicted octanol–water partition coefficient (Wildman–Crippen LogP) is 7.18. The van der Waals surface area contributed by atoms with Crippen LogP contribution in [0.4, 0.5) is 17.1 Å². The van der Waals surface area contributed by atoms with Gasteiger partial charge >= 0.3 is 0 Å². The summed E-state index contributed by atoms with van der Waals surface area (Å²) in [6.07, 6.45) is 3.63. The van der Waals surface area contributed by atoms with Crippen LogP contribution in [-0.4, -0.2) is 11.7 Å². The number of furan rings is 1. The molecule has 5 nitrogen and oxygen atoms in total. The molecule has 0 radical (unpaired) electrons. The molecule has 41 heavy (non-hydrogen) atoms. The molecule has 0 spiro atoms. The molecule has 2 aliphatic rings. The molecular weight excluding hydrogens is 507 g/mol. The molecule has 0 saturated heterocycles. The number of rotatable bonds is 3. The van der Waals surface area contributed by atoms with Crippen molar-refractivity contribution in [1.29, 1.82) is 0 Å². The zero-order valence-electron chi connectivity index (χ0n) is 21.8. The summed E-state index contributed by atoms with van der Waals surface area (Å²) in [6, 6.07) is 39.3. The number of para-hydroxylation sites is 2. The topological polar surface area (TPSA) is 47.7 Å². The van der Waals surface area contributed by atoms with E-state index in [1.54, 1.807) is 0 Å². The van der Waals surface area contributed by atoms with Gasteiger partial charge in [0, 0.05) is 51.8 Å². The highest BCUT2D eigenvalue weighted by Gasteiger charge is 2.40. The maximum Gasteiger partial charge on any atom is 0.260 e. The van der Waals surface area contributed by atoms with Gasteiger partial charge in [0.05, 0.1) is 0 Å². The number of ether oxygens (including phenoxy) is 2. The van der Waals surface area contributed by atoms with E-state index in [-0.39, 0.29) is 6.71 Å². The molecule has 6 heteroatoms. The van der Waals surface area contributed by atoms with Gasteiger partial charge in [-0.15, -0.1) is 0 Å². The summed E-state index contributed by atoms with van der Waals surface area (Å²) >= 11 is 0. The number of benzene rings is 5. The van der Waals surface area contributed by atoms with E-state index in [2.05, 4.69) is 64.5 Å². The lowest BCUT2D eigenvalue weighted by molar-refractivity contribution is 0.465. The van der Waals surface area contributed by atoms with E-state index in [9.17, 15) is 0 Å². The Bertz CT molecular complexity index is 2090. The van der Waals surface area contributed by atoms with Gasteiger partial charge in [-0.2, -0.15) is 0 Å². The monoisotopic (exact) mass is 528 g/mol. The van der Waals surface area contributed by atoms with Crippen LogP contribution in [0.15, 0.2) is 132 Å². The van der Waals surface area contributed by atoms with Gasteiger partial charge in [-0.05, 0) is 77.7 Å². The molecule has 0 saturated carbocycles. The van der Waals surface area contributed by atoms with Crippen LogP contribution in [0.3, 0.4) is 0 Å². The van der Waals surface area contributed by atoms with Gasteiger partial charge in [0.1, 0.15) is 34.2 Å². The van der Waals surface area contributed by atoms with Gasteiger partial charge in [0.15, 0.2) is 0 Å². The SMILES string of the molecule is c1ccc(N(c2ccncc2)c2ccc3c(c2)oc2cc4c(cc23)Oc2cccc3c2B4c2ccccc2O3)cc1. The van der Waals surface area contributed by atoms with Crippen LogP contribution in [0, 0.1) is 0 Å². The number of pyridine rings is 1. The standard InChI is InChI=1S/C35H21BN2O3/c1-2-7-22(8-3-1)38(23-15-17-37-18-16-23)24-13-14-25-26-20-34-28(21-33(26)41-32(25)19-24)36-27-9-4-5-10-29(27)39-30-11-6-12-31(40-34)35(30)36/h1-21H. The van der Waals surface area contributed by atoms with Crippen LogP contribution >= 0.6 is 0 Å². The second-order valence-electron chi connectivity index (χ2n) is 10.4. The Morgan fingerprint density at radius 3 is 2.07 bits per heavy atom. The molecule has 2 aromatic heterocycles. The third-order valence-electron chi connectivity index (χ3n) is 8.08. The van der Waals surface area contributed by atoms with Crippen LogP contribution in [0.25, 0.3) is 21.9 Å². The highest BCUT2D eigenvalue weighted by Crippen LogP contribution is 2.40. The number of anilines is 3. The Balaban J connectivity index is 1.23. The molecule has 5 aromatic carbocycles. The fraction of sp³-hybridized carbons (Fsp3) is 0. The van der Waals surface area contributed by atoms with E-state index in [4.69, 9.17) is 13.9 Å². The summed E-state index contributed by atoms with van der Waals surface area (Å²) in [7, 11) is 0. The van der Waals surface area contributed by atoms with Crippen molar-refractivity contribution in [2.75, 3.05) is 4.90 Å². The molecule has 2 aliphatic heterocycles. The number of hydrogen-bond donors (Lipinski definition) is 0. The fourth-order valence-corrected chi connectivity index (χ4v) is 6.29. The number of hydrogen-bond acceptors (Lipinski definition) is 5. The lowest BCUT2D eigenvalue weighted by Gasteiger charge is -2.32. The Morgan fingerprint density at radius 2 is 1.22 bits per heavy atom. The molecule has 0 N–H and O–H groups in total. The van der Waals surface area contributed by atoms with Gasteiger partial charge in [-0.25, -0.2) is 0 Å². The molecule has 192 valence electrons. The zero-order valence-corrected chi connectivity index (χ0v) is 21.8. The first kappa shape index (κ1) is 22.3. The van der Waals surface area contributed by atoms with Gasteiger partial charge in [0.2, 0.25) is 0 Å². The summed E-state index contributed by atoms with van der Waals surface area (Å²) in [4.78, 5) is 6.43. The van der Waals surface area contributed by atoms with Crippen molar-refractivity contribution >= 4 is 62.1 Å². The van der Waals surface area contributed by atoms with Crippen LogP contribution in [0.2, 0.25) is 0 Å². The largest absolute Gasteiger partial charge is 0.458 e. The average molecular weight is 528 g/mol. The molecule has 0 atom stereocenters. The third kappa shape index (κ3) is 3.34. The minimum Gasteiger partial charge on any atom is -0.458 e. The lowest BCUT2D eigenvalue weighted by atomic mass is 9.35. The smallest absolute Gasteiger partial charge is 0.260 e. The molecule has 0 amide bonds. The Morgan fingerprint density at radius 1 is 0.512 bits per heavy atom. The quantitative estimate of drug-likeness (QED) is 0.228. The van der Waals surface area contributed by atoms with Gasteiger partial charge < -0.3 is 18.8 Å². The second kappa shape index (κ2) is 8.51. The van der Waals surface area contributed by atoms with Crippen molar-refractivity contribution in [2.24, 2.45) is 0 Å². The molecule has 7 aromatic rings. The maximum absolute atomic E-state index is 6.57. The van der Waals surface area contributed by atoms with Crippen molar-refractivity contribution in [2.45, 2.75) is 0 Å². The van der Waals surface area contributed by atoms with Crippen molar-refractivity contribution < 1.29 is 13.9 Å². The van der Waals surface area contributed by atoms with E-state index < -0.39 is 0 Å². The number of nitrogens with zero attached hydrogens (tertiary/aromatic N) is 2. The minimum atomic E-state index is 0.00309. The maximum atomic E-state index is 6.57. The predicted molar refractivity (Wildman–Crippen MR) is 164 cm³/mol. The molecule has 9 rings (SSSR count). The van der Waals surface area contributed by atoms with E-state index in [1.165, 1.54) is 0 Å². The molecular formula is C35H21BN2O3. The van der Waals surface area contributed by atoms with Crippen LogP contribution in [-0.2, 0) is 0 Å². The van der Waals surface area contributed by atoms with Crippen LogP contribution in [0.5, 0.6) is 23.0 Å². The third-order valence-corrected chi connectivity index (χ3v) is 8.08. The van der Waals surface area contributed by atoms with Gasteiger partial charge in [-0.1, -0.05) is 42.5 Å². The molecule has 0 bridgehead atoms. The Hall–Kier alpha value is -5.49. The lowest BCUT2D eigenvalue weighted by Crippen LogP contribution is -2.57. The summed E-state index contributed by atoms with van der Waals surface area (Å²) in [6.45, 7) is 0.00309. The molecule has 0 aliphatic carbocycles. The number of aromatic nitrogens is 1. The Kier molecular flexibility index (Phi) is 4.63. The first-order chi connectivity index (χ1) is 20.3. The average Bonchev–Trinajstić information content (AvgIpc) is 3.38. The first-order valence-electron chi connectivity index (χ1n) is 13.6. The summed E-state index contributed by atoms with van der Waals surface area (Å²) < 4.78 is 19.4. The first-order valence-corrected chi connectivity index (χ1v) is 13.6. The van der Waals surface area contributed by atoms with Gasteiger partial charge in [-0.3, -0.25) is 4.98 Å². The summed E-state index contributed by atoms with van der Waals surface area (Å²) in [5, 5.41) is 2.07. The minimum absolute atomic E-state index is 0.00309. The van der Waals surface area contributed by atoms with Gasteiger partial charge in [0.25, 0.3) is 6.71 Å². The highest BCUT2D eigenvalue weighted by molar-refractivity contribution is 6.98. The van der Waals surface area contributed by atoms with E-state index >= 15 is 0 Å². The molecule has 4 heterocycles. The molecule has 0 fully saturated rings. The summed E-state index contributed by atoms with van der Waals surface area (Å²) in [5.41, 5.74) is 8.01.